The number of aliphatic hydroxyl groups excluding tert-OH is 1. The molecule has 1 N–H and O–H groups in total. The van der Waals surface area contributed by atoms with E-state index in [4.69, 9.17) is 4.74 Å². The second kappa shape index (κ2) is 5.24. The van der Waals surface area contributed by atoms with E-state index in [1.54, 1.807) is 18.5 Å². The quantitative estimate of drug-likeness (QED) is 0.892. The lowest BCUT2D eigenvalue weighted by Gasteiger charge is -2.16. The maximum absolute atomic E-state index is 10.1. The summed E-state index contributed by atoms with van der Waals surface area (Å²) in [6, 6.07) is 11.3. The zero-order chi connectivity index (χ0) is 13.1. The number of β-amino-alcohol motifs (C(OH)–C–C–N with tert-alkyl or cyclic N) is 1. The van der Waals surface area contributed by atoms with Gasteiger partial charge in [-0.2, -0.15) is 0 Å². The van der Waals surface area contributed by atoms with E-state index in [9.17, 15) is 5.11 Å². The smallest absolute Gasteiger partial charge is 0.225 e. The first-order chi connectivity index (χ1) is 9.33. The molecule has 1 aliphatic heterocycles. The van der Waals surface area contributed by atoms with Crippen LogP contribution in [0.4, 0.5) is 5.95 Å². The minimum atomic E-state index is -0.538. The maximum atomic E-state index is 10.1. The Morgan fingerprint density at radius 3 is 2.53 bits per heavy atom. The van der Waals surface area contributed by atoms with Crippen LogP contribution in [0, 0.1) is 0 Å². The summed E-state index contributed by atoms with van der Waals surface area (Å²) < 4.78 is 5.79. The molecule has 0 bridgehead atoms. The average Bonchev–Trinajstić information content (AvgIpc) is 2.82. The number of anilines is 1. The third kappa shape index (κ3) is 2.66. The number of hydrogen-bond acceptors (Lipinski definition) is 5. The third-order valence-corrected chi connectivity index (χ3v) is 3.10. The van der Waals surface area contributed by atoms with E-state index in [0.717, 1.165) is 5.75 Å². The number of hydrogen-bond donors (Lipinski definition) is 1. The van der Waals surface area contributed by atoms with Gasteiger partial charge in [0.05, 0.1) is 13.1 Å². The molecule has 0 saturated carbocycles. The van der Waals surface area contributed by atoms with Crippen LogP contribution in [-0.4, -0.2) is 40.4 Å². The van der Waals surface area contributed by atoms with E-state index < -0.39 is 6.10 Å². The minimum absolute atomic E-state index is 0.258. The van der Waals surface area contributed by atoms with Gasteiger partial charge in [0.25, 0.3) is 0 Å². The summed E-state index contributed by atoms with van der Waals surface area (Å²) in [7, 11) is 0. The Kier molecular flexibility index (Phi) is 3.29. The lowest BCUT2D eigenvalue weighted by Crippen LogP contribution is -2.30. The number of rotatable bonds is 3. The highest BCUT2D eigenvalue weighted by molar-refractivity contribution is 5.32. The zero-order valence-corrected chi connectivity index (χ0v) is 10.4. The standard InChI is InChI=1S/C14H15N3O2/c18-12-9-17(14-15-7-4-8-16-14)10-13(12)19-11-5-2-1-3-6-11/h1-8,12-13,18H,9-10H2/t12-,13-/m1/s1. The predicted molar refractivity (Wildman–Crippen MR) is 71.1 cm³/mol. The van der Waals surface area contributed by atoms with Gasteiger partial charge in [-0.05, 0) is 18.2 Å². The van der Waals surface area contributed by atoms with Gasteiger partial charge in [-0.3, -0.25) is 0 Å². The molecule has 5 nitrogen and oxygen atoms in total. The molecule has 1 fully saturated rings. The Bertz CT molecular complexity index is 521. The van der Waals surface area contributed by atoms with Crippen molar-refractivity contribution in [3.8, 4) is 5.75 Å². The predicted octanol–water partition coefficient (Wildman–Crippen LogP) is 1.11. The molecule has 2 atom stereocenters. The average molecular weight is 257 g/mol. The van der Waals surface area contributed by atoms with Gasteiger partial charge in [-0.25, -0.2) is 9.97 Å². The van der Waals surface area contributed by atoms with Crippen molar-refractivity contribution in [2.24, 2.45) is 0 Å². The number of aromatic nitrogens is 2. The molecule has 0 amide bonds. The second-order valence-electron chi connectivity index (χ2n) is 4.49. The summed E-state index contributed by atoms with van der Waals surface area (Å²) in [5.41, 5.74) is 0. The SMILES string of the molecule is O[C@@H]1CN(c2ncccn2)C[C@H]1Oc1ccccc1. The van der Waals surface area contributed by atoms with Crippen molar-refractivity contribution in [2.75, 3.05) is 18.0 Å². The Morgan fingerprint density at radius 1 is 1.05 bits per heavy atom. The number of ether oxygens (including phenoxy) is 1. The van der Waals surface area contributed by atoms with Gasteiger partial charge in [0.1, 0.15) is 18.0 Å². The zero-order valence-electron chi connectivity index (χ0n) is 10.4. The van der Waals surface area contributed by atoms with Gasteiger partial charge in [0.15, 0.2) is 0 Å². The van der Waals surface area contributed by atoms with E-state index >= 15 is 0 Å². The molecular weight excluding hydrogens is 242 g/mol. The number of nitrogens with zero attached hydrogens (tertiary/aromatic N) is 3. The Hall–Kier alpha value is -2.14. The van der Waals surface area contributed by atoms with Gasteiger partial charge in [-0.1, -0.05) is 18.2 Å². The molecule has 3 rings (SSSR count). The van der Waals surface area contributed by atoms with Crippen LogP contribution in [0.15, 0.2) is 48.8 Å². The van der Waals surface area contributed by atoms with E-state index in [0.29, 0.717) is 19.0 Å². The van der Waals surface area contributed by atoms with Crippen LogP contribution in [0.1, 0.15) is 0 Å². The molecule has 1 aliphatic rings. The fraction of sp³-hybridized carbons (Fsp3) is 0.286. The number of benzene rings is 1. The van der Waals surface area contributed by atoms with Gasteiger partial charge in [-0.15, -0.1) is 0 Å². The first-order valence-electron chi connectivity index (χ1n) is 6.24. The monoisotopic (exact) mass is 257 g/mol. The van der Waals surface area contributed by atoms with Crippen molar-refractivity contribution in [1.82, 2.24) is 9.97 Å². The molecule has 1 saturated heterocycles. The first kappa shape index (κ1) is 11.9. The number of aliphatic hydroxyl groups is 1. The molecule has 0 spiro atoms. The van der Waals surface area contributed by atoms with Crippen LogP contribution in [0.3, 0.4) is 0 Å². The largest absolute Gasteiger partial charge is 0.486 e. The lowest BCUT2D eigenvalue weighted by atomic mass is 10.2. The molecule has 2 heterocycles. The van der Waals surface area contributed by atoms with Crippen molar-refractivity contribution >= 4 is 5.95 Å². The topological polar surface area (TPSA) is 58.5 Å². The third-order valence-electron chi connectivity index (χ3n) is 3.10. The summed E-state index contributed by atoms with van der Waals surface area (Å²) in [5.74, 6) is 1.39. The van der Waals surface area contributed by atoms with Crippen LogP contribution in [-0.2, 0) is 0 Å². The molecule has 19 heavy (non-hydrogen) atoms. The van der Waals surface area contributed by atoms with Crippen LogP contribution >= 0.6 is 0 Å². The minimum Gasteiger partial charge on any atom is -0.486 e. The Labute approximate surface area is 111 Å². The van der Waals surface area contributed by atoms with E-state index in [1.165, 1.54) is 0 Å². The molecule has 1 aromatic carbocycles. The fourth-order valence-electron chi connectivity index (χ4n) is 2.16. The van der Waals surface area contributed by atoms with E-state index in [1.807, 2.05) is 35.2 Å². The molecule has 0 aliphatic carbocycles. The Balaban J connectivity index is 1.69. The second-order valence-corrected chi connectivity index (χ2v) is 4.49. The normalized spacial score (nSPS) is 22.5. The van der Waals surface area contributed by atoms with Crippen molar-refractivity contribution in [2.45, 2.75) is 12.2 Å². The maximum Gasteiger partial charge on any atom is 0.225 e. The van der Waals surface area contributed by atoms with Gasteiger partial charge in [0, 0.05) is 12.4 Å². The molecule has 5 heteroatoms. The van der Waals surface area contributed by atoms with E-state index in [2.05, 4.69) is 9.97 Å². The highest BCUT2D eigenvalue weighted by atomic mass is 16.5. The first-order valence-corrected chi connectivity index (χ1v) is 6.24. The van der Waals surface area contributed by atoms with Crippen molar-refractivity contribution in [3.63, 3.8) is 0 Å². The van der Waals surface area contributed by atoms with Gasteiger partial charge >= 0.3 is 0 Å². The molecule has 98 valence electrons. The molecule has 0 radical (unpaired) electrons. The van der Waals surface area contributed by atoms with Crippen LogP contribution < -0.4 is 9.64 Å². The number of para-hydroxylation sites is 1. The van der Waals surface area contributed by atoms with Gasteiger partial charge in [0.2, 0.25) is 5.95 Å². The fourth-order valence-corrected chi connectivity index (χ4v) is 2.16. The van der Waals surface area contributed by atoms with Crippen molar-refractivity contribution in [1.29, 1.82) is 0 Å². The Morgan fingerprint density at radius 2 is 1.79 bits per heavy atom. The van der Waals surface area contributed by atoms with Crippen LogP contribution in [0.2, 0.25) is 0 Å². The van der Waals surface area contributed by atoms with Crippen molar-refractivity contribution in [3.05, 3.63) is 48.8 Å². The molecule has 0 unspecified atom stereocenters. The van der Waals surface area contributed by atoms with Gasteiger partial charge < -0.3 is 14.7 Å². The highest BCUT2D eigenvalue weighted by Gasteiger charge is 2.34. The summed E-state index contributed by atoms with van der Waals surface area (Å²) in [6.45, 7) is 1.07. The summed E-state index contributed by atoms with van der Waals surface area (Å²) in [5, 5.41) is 10.1. The molecule has 2 aromatic rings. The lowest BCUT2D eigenvalue weighted by molar-refractivity contribution is 0.0738. The highest BCUT2D eigenvalue weighted by Crippen LogP contribution is 2.21. The molecular formula is C14H15N3O2. The molecule has 1 aromatic heterocycles. The van der Waals surface area contributed by atoms with Crippen molar-refractivity contribution < 1.29 is 9.84 Å². The summed E-state index contributed by atoms with van der Waals surface area (Å²) >= 11 is 0. The van der Waals surface area contributed by atoms with E-state index in [-0.39, 0.29) is 6.10 Å². The summed E-state index contributed by atoms with van der Waals surface area (Å²) in [4.78, 5) is 10.3. The van der Waals surface area contributed by atoms with Crippen LogP contribution in [0.5, 0.6) is 5.75 Å². The summed E-state index contributed by atoms with van der Waals surface area (Å²) in [6.07, 6.45) is 2.59. The van der Waals surface area contributed by atoms with Crippen LogP contribution in [0.25, 0.3) is 0 Å².